The molecule has 0 radical (unpaired) electrons. The third-order valence-electron chi connectivity index (χ3n) is 4.63. The first-order valence-electron chi connectivity index (χ1n) is 9.48. The fourth-order valence-corrected chi connectivity index (χ4v) is 3.00. The maximum atomic E-state index is 15.0. The maximum Gasteiger partial charge on any atom is 0.425 e. The molecule has 0 aliphatic carbocycles. The summed E-state index contributed by atoms with van der Waals surface area (Å²) in [4.78, 5) is 28.4. The number of aryl methyl sites for hydroxylation is 2. The topological polar surface area (TPSA) is 119 Å². The molecule has 14 heteroatoms. The molecular formula is C20H17ClF4N4O5. The van der Waals surface area contributed by atoms with E-state index in [1.54, 1.807) is 0 Å². The largest absolute Gasteiger partial charge is 0.480 e. The van der Waals surface area contributed by atoms with Crippen LogP contribution in [-0.2, 0) is 4.74 Å². The summed E-state index contributed by atoms with van der Waals surface area (Å²) in [6.07, 6.45) is -7.14. The average molecular weight is 505 g/mol. The lowest BCUT2D eigenvalue weighted by Crippen LogP contribution is -2.32. The van der Waals surface area contributed by atoms with E-state index in [4.69, 9.17) is 20.8 Å². The Balaban J connectivity index is 2.10. The van der Waals surface area contributed by atoms with Gasteiger partial charge in [0, 0.05) is 0 Å². The van der Waals surface area contributed by atoms with Crippen LogP contribution in [0.2, 0.25) is 5.15 Å². The highest BCUT2D eigenvalue weighted by Gasteiger charge is 2.39. The summed E-state index contributed by atoms with van der Waals surface area (Å²) in [7, 11) is 1.10. The fourth-order valence-electron chi connectivity index (χ4n) is 2.77. The summed E-state index contributed by atoms with van der Waals surface area (Å²) in [6.45, 7) is 3.61. The number of hydrogen-bond donors (Lipinski definition) is 2. The van der Waals surface area contributed by atoms with Gasteiger partial charge in [0.2, 0.25) is 5.89 Å². The maximum absolute atomic E-state index is 15.0. The molecule has 2 N–H and O–H groups in total. The van der Waals surface area contributed by atoms with Crippen LogP contribution in [0.3, 0.4) is 0 Å². The van der Waals surface area contributed by atoms with Crippen molar-refractivity contribution in [3.05, 3.63) is 45.8 Å². The first kappa shape index (κ1) is 25.0. The number of nitrogens with zero attached hydrogens (tertiary/aromatic N) is 2. The van der Waals surface area contributed by atoms with Crippen LogP contribution in [0.25, 0.3) is 11.5 Å². The Morgan fingerprint density at radius 1 is 1.26 bits per heavy atom. The smallest absolute Gasteiger partial charge is 0.425 e. The molecule has 1 atom stereocenters. The highest BCUT2D eigenvalue weighted by atomic mass is 35.5. The van der Waals surface area contributed by atoms with Crippen LogP contribution >= 0.6 is 11.6 Å². The third-order valence-corrected chi connectivity index (χ3v) is 4.90. The molecule has 0 bridgehead atoms. The lowest BCUT2D eigenvalue weighted by atomic mass is 10.1. The van der Waals surface area contributed by atoms with Crippen LogP contribution in [0.15, 0.2) is 16.5 Å². The number of anilines is 1. The van der Waals surface area contributed by atoms with Crippen LogP contribution in [0.1, 0.15) is 39.2 Å². The molecule has 34 heavy (non-hydrogen) atoms. The molecular weight excluding hydrogens is 488 g/mol. The van der Waals surface area contributed by atoms with Crippen LogP contribution < -0.4 is 10.1 Å². The van der Waals surface area contributed by atoms with Crippen molar-refractivity contribution in [1.82, 2.24) is 15.2 Å². The number of benzene rings is 1. The average Bonchev–Trinajstić information content (AvgIpc) is 3.30. The van der Waals surface area contributed by atoms with Crippen molar-refractivity contribution in [3.8, 4) is 17.2 Å². The van der Waals surface area contributed by atoms with E-state index < -0.39 is 52.7 Å². The Morgan fingerprint density at radius 2 is 1.94 bits per heavy atom. The molecule has 9 nitrogen and oxygen atoms in total. The van der Waals surface area contributed by atoms with Crippen LogP contribution in [0.5, 0.6) is 5.75 Å². The number of alkyl halides is 3. The van der Waals surface area contributed by atoms with Gasteiger partial charge in [-0.1, -0.05) is 11.6 Å². The van der Waals surface area contributed by atoms with Crippen molar-refractivity contribution in [2.75, 3.05) is 12.4 Å². The van der Waals surface area contributed by atoms with E-state index in [-0.39, 0.29) is 22.3 Å². The first-order chi connectivity index (χ1) is 15.8. The quantitative estimate of drug-likeness (QED) is 0.364. The number of ether oxygens (including phenoxy) is 2. The number of aromatic nitrogens is 3. The van der Waals surface area contributed by atoms with E-state index in [2.05, 4.69) is 25.2 Å². The summed E-state index contributed by atoms with van der Waals surface area (Å²) in [6, 6.07) is 1.48. The Labute approximate surface area is 194 Å². The van der Waals surface area contributed by atoms with Crippen molar-refractivity contribution in [3.63, 3.8) is 0 Å². The van der Waals surface area contributed by atoms with Crippen molar-refractivity contribution >= 4 is 29.2 Å². The second kappa shape index (κ2) is 9.33. The van der Waals surface area contributed by atoms with Gasteiger partial charge in [-0.05, 0) is 32.9 Å². The fraction of sp³-hybridized carbons (Fsp3) is 0.300. The van der Waals surface area contributed by atoms with Gasteiger partial charge in [0.05, 0.1) is 23.9 Å². The Kier molecular flexibility index (Phi) is 6.87. The number of H-pyrrole nitrogens is 1. The highest BCUT2D eigenvalue weighted by molar-refractivity contribution is 6.33. The second-order valence-corrected chi connectivity index (χ2v) is 7.37. The molecule has 3 aromatic rings. The summed E-state index contributed by atoms with van der Waals surface area (Å²) in [5.41, 5.74) is -0.860. The molecule has 3 rings (SSSR count). The number of oxazole rings is 1. The molecule has 2 aromatic heterocycles. The van der Waals surface area contributed by atoms with Gasteiger partial charge in [0.1, 0.15) is 23.0 Å². The lowest BCUT2D eigenvalue weighted by molar-refractivity contribution is -0.189. The number of methoxy groups -OCH3 is 1. The lowest BCUT2D eigenvalue weighted by Gasteiger charge is -2.20. The Hall–Kier alpha value is -3.61. The number of hydrogen-bond acceptors (Lipinski definition) is 7. The summed E-state index contributed by atoms with van der Waals surface area (Å²) in [5, 5.41) is 8.44. The zero-order chi connectivity index (χ0) is 25.4. The minimum atomic E-state index is -4.79. The number of nitrogens with one attached hydrogen (secondary N) is 2. The van der Waals surface area contributed by atoms with Crippen LogP contribution in [-0.4, -0.2) is 46.4 Å². The number of amides is 1. The number of esters is 1. The van der Waals surface area contributed by atoms with Gasteiger partial charge >= 0.3 is 12.1 Å². The van der Waals surface area contributed by atoms with Gasteiger partial charge in [-0.3, -0.25) is 9.89 Å². The number of aromatic amines is 1. The van der Waals surface area contributed by atoms with Gasteiger partial charge in [-0.15, -0.1) is 0 Å². The van der Waals surface area contributed by atoms with Crippen molar-refractivity contribution < 1.29 is 41.0 Å². The summed E-state index contributed by atoms with van der Waals surface area (Å²) >= 11 is 5.88. The van der Waals surface area contributed by atoms with E-state index >= 15 is 0 Å². The first-order valence-corrected chi connectivity index (χ1v) is 9.86. The van der Waals surface area contributed by atoms with Gasteiger partial charge in [-0.2, -0.15) is 18.3 Å². The highest BCUT2D eigenvalue weighted by Crippen LogP contribution is 2.35. The molecule has 2 heterocycles. The van der Waals surface area contributed by atoms with Crippen molar-refractivity contribution in [1.29, 1.82) is 0 Å². The number of carbonyl (C=O) groups excluding carboxylic acids is 2. The Morgan fingerprint density at radius 3 is 2.50 bits per heavy atom. The van der Waals surface area contributed by atoms with Crippen molar-refractivity contribution in [2.24, 2.45) is 0 Å². The van der Waals surface area contributed by atoms with E-state index in [0.717, 1.165) is 13.2 Å². The van der Waals surface area contributed by atoms with Gasteiger partial charge in [0.15, 0.2) is 17.0 Å². The Bertz CT molecular complexity index is 1240. The van der Waals surface area contributed by atoms with Gasteiger partial charge < -0.3 is 19.2 Å². The second-order valence-electron chi connectivity index (χ2n) is 7.01. The molecule has 0 spiro atoms. The number of rotatable bonds is 6. The number of halogens is 5. The monoisotopic (exact) mass is 504 g/mol. The molecule has 0 saturated carbocycles. The molecule has 0 saturated heterocycles. The van der Waals surface area contributed by atoms with E-state index in [1.807, 2.05) is 0 Å². The predicted octanol–water partition coefficient (Wildman–Crippen LogP) is 4.84. The SMILES string of the molecule is COC(=O)c1nc(-c2cc(O[C@@H](C)C(F)(F)F)c(C(=O)Nc3c(Cl)n[nH]c3C)cc2F)oc1C. The zero-order valence-electron chi connectivity index (χ0n) is 18.1. The molecule has 0 unspecified atom stereocenters. The minimum Gasteiger partial charge on any atom is -0.480 e. The predicted molar refractivity (Wildman–Crippen MR) is 110 cm³/mol. The molecule has 182 valence electrons. The zero-order valence-corrected chi connectivity index (χ0v) is 18.8. The van der Waals surface area contributed by atoms with Gasteiger partial charge in [0.25, 0.3) is 5.91 Å². The minimum absolute atomic E-state index is 0.0146. The molecule has 0 aliphatic rings. The molecule has 1 amide bonds. The molecule has 0 fully saturated rings. The standard InChI is InChI=1S/C20H17ClF4N4O5/c1-7-14(16(21)29-28-7)26-17(30)11-5-12(22)10(6-13(11)34-9(3)20(23,24)25)18-27-15(8(2)33-18)19(31)32-4/h5-6,9H,1-4H3,(H,26,30)(H,28,29)/t9-/m0/s1. The van der Waals surface area contributed by atoms with Gasteiger partial charge in [-0.25, -0.2) is 14.2 Å². The number of carbonyl (C=O) groups is 2. The van der Waals surface area contributed by atoms with E-state index in [9.17, 15) is 27.2 Å². The van der Waals surface area contributed by atoms with Crippen LogP contribution in [0.4, 0.5) is 23.2 Å². The summed E-state index contributed by atoms with van der Waals surface area (Å²) < 4.78 is 69.3. The summed E-state index contributed by atoms with van der Waals surface area (Å²) in [5.74, 6) is -4.02. The van der Waals surface area contributed by atoms with Crippen LogP contribution in [0, 0.1) is 19.7 Å². The van der Waals surface area contributed by atoms with Crippen molar-refractivity contribution in [2.45, 2.75) is 33.1 Å². The molecule has 0 aliphatic heterocycles. The van der Waals surface area contributed by atoms with E-state index in [1.165, 1.54) is 13.8 Å². The van der Waals surface area contributed by atoms with E-state index in [0.29, 0.717) is 18.7 Å². The third kappa shape index (κ3) is 4.98. The molecule has 1 aromatic carbocycles. The normalized spacial score (nSPS) is 12.4.